The van der Waals surface area contributed by atoms with Crippen LogP contribution >= 0.6 is 0 Å². The Morgan fingerprint density at radius 1 is 1.14 bits per heavy atom. The van der Waals surface area contributed by atoms with Gasteiger partial charge in [0.15, 0.2) is 9.84 Å². The van der Waals surface area contributed by atoms with Crippen LogP contribution in [0.3, 0.4) is 0 Å². The molecule has 7 nitrogen and oxygen atoms in total. The van der Waals surface area contributed by atoms with E-state index < -0.39 is 26.9 Å². The van der Waals surface area contributed by atoms with Crippen LogP contribution in [0, 0.1) is 5.92 Å². The molecule has 1 aromatic heterocycles. The van der Waals surface area contributed by atoms with Gasteiger partial charge in [0, 0.05) is 32.0 Å². The molecule has 1 N–H and O–H groups in total. The van der Waals surface area contributed by atoms with E-state index >= 15 is 0 Å². The molecule has 29 heavy (non-hydrogen) atoms. The highest BCUT2D eigenvalue weighted by Gasteiger charge is 2.31. The second kappa shape index (κ2) is 9.17. The number of rotatable bonds is 5. The first kappa shape index (κ1) is 21.0. The van der Waals surface area contributed by atoms with Gasteiger partial charge in [-0.05, 0) is 42.5 Å². The molecule has 0 saturated carbocycles. The van der Waals surface area contributed by atoms with Crippen LogP contribution in [0.2, 0.25) is 0 Å². The highest BCUT2D eigenvalue weighted by Crippen LogP contribution is 2.28. The Labute approximate surface area is 171 Å². The van der Waals surface area contributed by atoms with Gasteiger partial charge < -0.3 is 10.2 Å². The maximum atomic E-state index is 13.2. The molecule has 1 fully saturated rings. The van der Waals surface area contributed by atoms with E-state index in [4.69, 9.17) is 0 Å². The smallest absolute Gasteiger partial charge is 0.311 e. The Morgan fingerprint density at radius 2 is 1.83 bits per heavy atom. The molecule has 0 radical (unpaired) electrons. The molecular weight excluding hydrogens is 390 g/mol. The normalized spacial score (nSPS) is 16.2. The molecule has 2 amide bonds. The lowest BCUT2D eigenvalue weighted by Gasteiger charge is -2.29. The second-order valence-corrected chi connectivity index (χ2v) is 9.45. The SMILES string of the molecule is CC1CCN(C(=O)C(=O)NC[C@H](c2cccnc2)S(=O)(=O)c2ccccc2)CC1. The fourth-order valence-electron chi connectivity index (χ4n) is 3.36. The lowest BCUT2D eigenvalue weighted by molar-refractivity contribution is -0.146. The number of hydrogen-bond donors (Lipinski definition) is 1. The molecule has 2 heterocycles. The van der Waals surface area contributed by atoms with Crippen molar-refractivity contribution in [3.63, 3.8) is 0 Å². The molecule has 1 aliphatic rings. The number of pyridine rings is 1. The number of likely N-dealkylation sites (tertiary alicyclic amines) is 1. The van der Waals surface area contributed by atoms with Gasteiger partial charge in [-0.1, -0.05) is 31.2 Å². The number of benzene rings is 1. The summed E-state index contributed by atoms with van der Waals surface area (Å²) in [7, 11) is -3.79. The van der Waals surface area contributed by atoms with Gasteiger partial charge in [0.2, 0.25) is 0 Å². The highest BCUT2D eigenvalue weighted by molar-refractivity contribution is 7.91. The van der Waals surface area contributed by atoms with E-state index in [1.165, 1.54) is 23.2 Å². The van der Waals surface area contributed by atoms with Gasteiger partial charge in [0.25, 0.3) is 0 Å². The Hall–Kier alpha value is -2.74. The van der Waals surface area contributed by atoms with Gasteiger partial charge in [-0.15, -0.1) is 0 Å². The van der Waals surface area contributed by atoms with Crippen molar-refractivity contribution in [2.75, 3.05) is 19.6 Å². The van der Waals surface area contributed by atoms with Crippen molar-refractivity contribution in [3.05, 3.63) is 60.4 Å². The quantitative estimate of drug-likeness (QED) is 0.753. The summed E-state index contributed by atoms with van der Waals surface area (Å²) in [4.78, 5) is 30.5. The molecule has 1 atom stereocenters. The number of carbonyl (C=O) groups excluding carboxylic acids is 2. The zero-order chi connectivity index (χ0) is 20.9. The minimum Gasteiger partial charge on any atom is -0.346 e. The van der Waals surface area contributed by atoms with E-state index in [1.807, 2.05) is 0 Å². The third-order valence-corrected chi connectivity index (χ3v) is 7.33. The van der Waals surface area contributed by atoms with Crippen LogP contribution in [0.15, 0.2) is 59.8 Å². The molecule has 1 saturated heterocycles. The monoisotopic (exact) mass is 415 g/mol. The van der Waals surface area contributed by atoms with Crippen LogP contribution in [-0.2, 0) is 19.4 Å². The Kier molecular flexibility index (Phi) is 6.64. The van der Waals surface area contributed by atoms with Gasteiger partial charge in [-0.3, -0.25) is 14.6 Å². The first-order chi connectivity index (χ1) is 13.9. The van der Waals surface area contributed by atoms with Crippen molar-refractivity contribution in [1.29, 1.82) is 0 Å². The summed E-state index contributed by atoms with van der Waals surface area (Å²) < 4.78 is 26.4. The van der Waals surface area contributed by atoms with E-state index in [0.717, 1.165) is 12.8 Å². The van der Waals surface area contributed by atoms with E-state index in [-0.39, 0.29) is 11.4 Å². The van der Waals surface area contributed by atoms with E-state index in [1.54, 1.807) is 36.5 Å². The molecule has 3 rings (SSSR count). The lowest BCUT2D eigenvalue weighted by atomic mass is 9.99. The highest BCUT2D eigenvalue weighted by atomic mass is 32.2. The molecule has 0 bridgehead atoms. The van der Waals surface area contributed by atoms with Gasteiger partial charge in [0.05, 0.1) is 4.90 Å². The van der Waals surface area contributed by atoms with Crippen LogP contribution < -0.4 is 5.32 Å². The second-order valence-electron chi connectivity index (χ2n) is 7.32. The number of aromatic nitrogens is 1. The van der Waals surface area contributed by atoms with Crippen LogP contribution in [0.25, 0.3) is 0 Å². The van der Waals surface area contributed by atoms with Gasteiger partial charge in [-0.2, -0.15) is 0 Å². The summed E-state index contributed by atoms with van der Waals surface area (Å²) in [6.45, 7) is 3.00. The lowest BCUT2D eigenvalue weighted by Crippen LogP contribution is -2.47. The number of sulfone groups is 1. The van der Waals surface area contributed by atoms with E-state index in [2.05, 4.69) is 17.2 Å². The Balaban J connectivity index is 1.76. The maximum Gasteiger partial charge on any atom is 0.311 e. The molecule has 0 unspecified atom stereocenters. The summed E-state index contributed by atoms with van der Waals surface area (Å²) in [5.74, 6) is -0.858. The minimum atomic E-state index is -3.79. The first-order valence-electron chi connectivity index (χ1n) is 9.65. The van der Waals surface area contributed by atoms with E-state index in [0.29, 0.717) is 24.6 Å². The zero-order valence-corrected chi connectivity index (χ0v) is 17.1. The number of nitrogens with zero attached hydrogens (tertiary/aromatic N) is 2. The van der Waals surface area contributed by atoms with Crippen LogP contribution in [0.4, 0.5) is 0 Å². The molecule has 8 heteroatoms. The average molecular weight is 416 g/mol. The number of hydrogen-bond acceptors (Lipinski definition) is 5. The molecular formula is C21H25N3O4S. The van der Waals surface area contributed by atoms with Gasteiger partial charge in [-0.25, -0.2) is 8.42 Å². The summed E-state index contributed by atoms with van der Waals surface area (Å²) in [6, 6.07) is 11.3. The topological polar surface area (TPSA) is 96.4 Å². The minimum absolute atomic E-state index is 0.152. The number of amides is 2. The van der Waals surface area contributed by atoms with Crippen LogP contribution in [0.5, 0.6) is 0 Å². The summed E-state index contributed by atoms with van der Waals surface area (Å²) in [5.41, 5.74) is 0.455. The Morgan fingerprint density at radius 3 is 2.45 bits per heavy atom. The third-order valence-electron chi connectivity index (χ3n) is 5.22. The van der Waals surface area contributed by atoms with Crippen molar-refractivity contribution in [1.82, 2.24) is 15.2 Å². The van der Waals surface area contributed by atoms with E-state index in [9.17, 15) is 18.0 Å². The Bertz CT molecular complexity index is 940. The number of carbonyl (C=O) groups is 2. The standard InChI is InChI=1S/C21H25N3O4S/c1-16-9-12-24(13-10-16)21(26)20(25)23-15-19(17-6-5-11-22-14-17)29(27,28)18-7-3-2-4-8-18/h2-8,11,14,16,19H,9-10,12-13,15H2,1H3,(H,23,25)/t19-/m1/s1. The molecule has 2 aromatic rings. The van der Waals surface area contributed by atoms with Crippen molar-refractivity contribution < 1.29 is 18.0 Å². The molecule has 1 aromatic carbocycles. The maximum absolute atomic E-state index is 13.2. The van der Waals surface area contributed by atoms with Gasteiger partial charge in [0.1, 0.15) is 5.25 Å². The summed E-state index contributed by atoms with van der Waals surface area (Å²) in [6.07, 6.45) is 4.74. The predicted octanol–water partition coefficient (Wildman–Crippen LogP) is 1.97. The molecule has 0 spiro atoms. The predicted molar refractivity (Wildman–Crippen MR) is 109 cm³/mol. The van der Waals surface area contributed by atoms with Crippen molar-refractivity contribution in [2.24, 2.45) is 5.92 Å². The average Bonchev–Trinajstić information content (AvgIpc) is 2.75. The first-order valence-corrected chi connectivity index (χ1v) is 11.2. The van der Waals surface area contributed by atoms with Crippen LogP contribution in [0.1, 0.15) is 30.6 Å². The zero-order valence-electron chi connectivity index (χ0n) is 16.3. The molecule has 1 aliphatic heterocycles. The van der Waals surface area contributed by atoms with Crippen LogP contribution in [-0.4, -0.2) is 49.8 Å². The fourth-order valence-corrected chi connectivity index (χ4v) is 5.03. The van der Waals surface area contributed by atoms with Crippen molar-refractivity contribution >= 4 is 21.7 Å². The summed E-state index contributed by atoms with van der Waals surface area (Å²) in [5, 5.41) is 1.48. The number of nitrogens with one attached hydrogen (secondary N) is 1. The third kappa shape index (κ3) is 5.00. The van der Waals surface area contributed by atoms with Crippen molar-refractivity contribution in [3.8, 4) is 0 Å². The fraction of sp³-hybridized carbons (Fsp3) is 0.381. The van der Waals surface area contributed by atoms with Gasteiger partial charge >= 0.3 is 11.8 Å². The summed E-state index contributed by atoms with van der Waals surface area (Å²) >= 11 is 0. The number of piperidine rings is 1. The molecule has 154 valence electrons. The largest absolute Gasteiger partial charge is 0.346 e. The molecule has 0 aliphatic carbocycles. The van der Waals surface area contributed by atoms with Crippen molar-refractivity contribution in [2.45, 2.75) is 29.9 Å².